The molecule has 1 unspecified atom stereocenters. The molecule has 0 saturated heterocycles. The number of anilines is 1. The summed E-state index contributed by atoms with van der Waals surface area (Å²) in [6, 6.07) is 9.94. The predicted molar refractivity (Wildman–Crippen MR) is 89.6 cm³/mol. The average molecular weight is 313 g/mol. The summed E-state index contributed by atoms with van der Waals surface area (Å²) in [5, 5.41) is 7.31. The fraction of sp³-hybridized carbons (Fsp3) is 0.444. The maximum atomic E-state index is 12.4. The molecule has 1 aromatic heterocycles. The molecule has 0 radical (unpaired) electrons. The predicted octanol–water partition coefficient (Wildman–Crippen LogP) is 3.71. The molecule has 1 saturated carbocycles. The lowest BCUT2D eigenvalue weighted by atomic mass is 10.2. The van der Waals surface area contributed by atoms with E-state index in [1.165, 1.54) is 12.8 Å². The van der Waals surface area contributed by atoms with Crippen molar-refractivity contribution in [1.82, 2.24) is 9.78 Å². The summed E-state index contributed by atoms with van der Waals surface area (Å²) in [5.41, 5.74) is 1.11. The van der Waals surface area contributed by atoms with Gasteiger partial charge in [0.2, 0.25) is 0 Å². The zero-order valence-electron chi connectivity index (χ0n) is 13.7. The van der Waals surface area contributed by atoms with Crippen molar-refractivity contribution in [2.45, 2.75) is 51.7 Å². The van der Waals surface area contributed by atoms with Crippen LogP contribution in [0.5, 0.6) is 5.75 Å². The van der Waals surface area contributed by atoms with E-state index in [0.29, 0.717) is 11.8 Å². The molecule has 3 rings (SSSR count). The molecule has 1 atom stereocenters. The van der Waals surface area contributed by atoms with Gasteiger partial charge in [0, 0.05) is 6.07 Å². The highest BCUT2D eigenvalue weighted by atomic mass is 16.5. The third kappa shape index (κ3) is 3.73. The van der Waals surface area contributed by atoms with Crippen molar-refractivity contribution in [3.8, 4) is 5.75 Å². The van der Waals surface area contributed by atoms with Crippen LogP contribution >= 0.6 is 0 Å². The molecule has 1 aromatic carbocycles. The van der Waals surface area contributed by atoms with Crippen LogP contribution in [0.25, 0.3) is 0 Å². The molecule has 2 aromatic rings. The lowest BCUT2D eigenvalue weighted by Crippen LogP contribution is -2.31. The van der Waals surface area contributed by atoms with Crippen molar-refractivity contribution in [3.63, 3.8) is 0 Å². The number of hydrogen-bond acceptors (Lipinski definition) is 3. The maximum absolute atomic E-state index is 12.4. The van der Waals surface area contributed by atoms with Crippen LogP contribution in [0, 0.1) is 6.92 Å². The molecule has 0 bridgehead atoms. The summed E-state index contributed by atoms with van der Waals surface area (Å²) in [7, 11) is 0. The minimum Gasteiger partial charge on any atom is -0.481 e. The lowest BCUT2D eigenvalue weighted by molar-refractivity contribution is -0.122. The van der Waals surface area contributed by atoms with Crippen molar-refractivity contribution >= 4 is 11.7 Å². The molecular formula is C18H23N3O2. The Bertz CT molecular complexity index is 674. The Hall–Kier alpha value is -2.30. The monoisotopic (exact) mass is 313 g/mol. The summed E-state index contributed by atoms with van der Waals surface area (Å²) in [6.45, 7) is 3.76. The third-order valence-corrected chi connectivity index (χ3v) is 4.26. The van der Waals surface area contributed by atoms with E-state index in [0.717, 1.165) is 24.2 Å². The van der Waals surface area contributed by atoms with E-state index in [9.17, 15) is 4.79 Å². The smallest absolute Gasteiger partial charge is 0.266 e. The van der Waals surface area contributed by atoms with E-state index in [1.54, 1.807) is 13.1 Å². The number of carbonyl (C=O) groups excluding carboxylic acids is 1. The van der Waals surface area contributed by atoms with Gasteiger partial charge < -0.3 is 10.1 Å². The quantitative estimate of drug-likeness (QED) is 0.915. The number of aryl methyl sites for hydroxylation is 1. The van der Waals surface area contributed by atoms with E-state index in [4.69, 9.17) is 4.74 Å². The van der Waals surface area contributed by atoms with Crippen molar-refractivity contribution in [2.24, 2.45) is 0 Å². The molecule has 1 aliphatic carbocycles. The van der Waals surface area contributed by atoms with Gasteiger partial charge in [0.15, 0.2) is 6.10 Å². The summed E-state index contributed by atoms with van der Waals surface area (Å²) < 4.78 is 7.66. The van der Waals surface area contributed by atoms with E-state index in [-0.39, 0.29) is 5.91 Å². The van der Waals surface area contributed by atoms with Gasteiger partial charge in [-0.15, -0.1) is 0 Å². The highest BCUT2D eigenvalue weighted by molar-refractivity contribution is 5.93. The van der Waals surface area contributed by atoms with Crippen LogP contribution < -0.4 is 10.1 Å². The molecule has 23 heavy (non-hydrogen) atoms. The highest BCUT2D eigenvalue weighted by Gasteiger charge is 2.22. The molecule has 1 heterocycles. The van der Waals surface area contributed by atoms with E-state index in [2.05, 4.69) is 10.4 Å². The van der Waals surface area contributed by atoms with Gasteiger partial charge in [0.25, 0.3) is 5.91 Å². The number of rotatable bonds is 5. The molecular weight excluding hydrogens is 290 g/mol. The van der Waals surface area contributed by atoms with Gasteiger partial charge in [0.05, 0.1) is 12.2 Å². The van der Waals surface area contributed by atoms with Crippen LogP contribution in [0.1, 0.15) is 44.2 Å². The standard InChI is InChI=1S/C18H23N3O2/c1-13-6-5-9-16(12-13)23-14(2)18(22)20-17-10-11-19-21(17)15-7-3-4-8-15/h5-6,9-12,14-15H,3-4,7-8H2,1-2H3,(H,20,22). The van der Waals surface area contributed by atoms with Crippen LogP contribution in [0.3, 0.4) is 0 Å². The molecule has 1 aliphatic rings. The van der Waals surface area contributed by atoms with E-state index < -0.39 is 6.10 Å². The maximum Gasteiger partial charge on any atom is 0.266 e. The number of nitrogens with one attached hydrogen (secondary N) is 1. The SMILES string of the molecule is Cc1cccc(OC(C)C(=O)Nc2ccnn2C2CCCC2)c1. The Kier molecular flexibility index (Phi) is 4.65. The Labute approximate surface area is 136 Å². The number of benzene rings is 1. The molecule has 0 aliphatic heterocycles. The summed E-state index contributed by atoms with van der Waals surface area (Å²) in [4.78, 5) is 12.4. The van der Waals surface area contributed by atoms with Crippen molar-refractivity contribution in [1.29, 1.82) is 0 Å². The first-order valence-corrected chi connectivity index (χ1v) is 8.21. The second kappa shape index (κ2) is 6.86. The first-order chi connectivity index (χ1) is 11.1. The fourth-order valence-corrected chi connectivity index (χ4v) is 3.03. The van der Waals surface area contributed by atoms with Crippen molar-refractivity contribution in [3.05, 3.63) is 42.1 Å². The molecule has 1 fully saturated rings. The molecule has 5 nitrogen and oxygen atoms in total. The minimum absolute atomic E-state index is 0.161. The molecule has 5 heteroatoms. The lowest BCUT2D eigenvalue weighted by Gasteiger charge is -2.18. The van der Waals surface area contributed by atoms with E-state index >= 15 is 0 Å². The Morgan fingerprint density at radius 2 is 2.13 bits per heavy atom. The Morgan fingerprint density at radius 1 is 1.35 bits per heavy atom. The van der Waals surface area contributed by atoms with Gasteiger partial charge in [-0.25, -0.2) is 4.68 Å². The summed E-state index contributed by atoms with van der Waals surface area (Å²) >= 11 is 0. The number of nitrogens with zero attached hydrogens (tertiary/aromatic N) is 2. The van der Waals surface area contributed by atoms with Crippen molar-refractivity contribution in [2.75, 3.05) is 5.32 Å². The van der Waals surface area contributed by atoms with Crippen LogP contribution in [-0.4, -0.2) is 21.8 Å². The minimum atomic E-state index is -0.566. The van der Waals surface area contributed by atoms with Crippen LogP contribution in [-0.2, 0) is 4.79 Å². The zero-order chi connectivity index (χ0) is 16.2. The van der Waals surface area contributed by atoms with Crippen LogP contribution in [0.4, 0.5) is 5.82 Å². The highest BCUT2D eigenvalue weighted by Crippen LogP contribution is 2.31. The number of aromatic nitrogens is 2. The van der Waals surface area contributed by atoms with Gasteiger partial charge >= 0.3 is 0 Å². The van der Waals surface area contributed by atoms with E-state index in [1.807, 2.05) is 41.9 Å². The second-order valence-electron chi connectivity index (χ2n) is 6.17. The largest absolute Gasteiger partial charge is 0.481 e. The molecule has 122 valence electrons. The topological polar surface area (TPSA) is 56.1 Å². The molecule has 1 N–H and O–H groups in total. The first-order valence-electron chi connectivity index (χ1n) is 8.21. The Balaban J connectivity index is 1.63. The number of amides is 1. The summed E-state index contributed by atoms with van der Waals surface area (Å²) in [6.07, 6.45) is 5.87. The zero-order valence-corrected chi connectivity index (χ0v) is 13.7. The third-order valence-electron chi connectivity index (χ3n) is 4.26. The van der Waals surface area contributed by atoms with Crippen LogP contribution in [0.15, 0.2) is 36.5 Å². The molecule has 0 spiro atoms. The number of hydrogen-bond donors (Lipinski definition) is 1. The fourth-order valence-electron chi connectivity index (χ4n) is 3.03. The van der Waals surface area contributed by atoms with Crippen LogP contribution in [0.2, 0.25) is 0 Å². The molecule has 1 amide bonds. The van der Waals surface area contributed by atoms with Gasteiger partial charge in [-0.2, -0.15) is 5.10 Å². The van der Waals surface area contributed by atoms with Gasteiger partial charge in [-0.1, -0.05) is 25.0 Å². The van der Waals surface area contributed by atoms with Crippen molar-refractivity contribution < 1.29 is 9.53 Å². The number of carbonyl (C=O) groups is 1. The van der Waals surface area contributed by atoms with Gasteiger partial charge in [-0.3, -0.25) is 4.79 Å². The second-order valence-corrected chi connectivity index (χ2v) is 6.17. The average Bonchev–Trinajstić information content (AvgIpc) is 3.17. The number of ether oxygens (including phenoxy) is 1. The van der Waals surface area contributed by atoms with Gasteiger partial charge in [-0.05, 0) is 44.4 Å². The first kappa shape index (κ1) is 15.6. The Morgan fingerprint density at radius 3 is 2.87 bits per heavy atom. The van der Waals surface area contributed by atoms with Gasteiger partial charge in [0.1, 0.15) is 11.6 Å². The summed E-state index contributed by atoms with van der Waals surface area (Å²) in [5.74, 6) is 1.30. The normalized spacial score (nSPS) is 16.3.